The number of hydrogen-bond donors (Lipinski definition) is 3. The van der Waals surface area contributed by atoms with Crippen LogP contribution in [0.2, 0.25) is 0 Å². The molecule has 0 saturated heterocycles. The smallest absolute Gasteiger partial charge is 0.266 e. The fraction of sp³-hybridized carbons (Fsp3) is 0.267. The molecule has 0 aromatic heterocycles. The van der Waals surface area contributed by atoms with Crippen LogP contribution in [0, 0.1) is 0 Å². The van der Waals surface area contributed by atoms with Crippen molar-refractivity contribution in [3.05, 3.63) is 107 Å². The topological polar surface area (TPSA) is 101 Å². The van der Waals surface area contributed by atoms with Crippen LogP contribution in [0.15, 0.2) is 94.9 Å². The number of ether oxygens (including phenoxy) is 3. The third kappa shape index (κ3) is 6.86. The van der Waals surface area contributed by atoms with E-state index in [1.807, 2.05) is 72.8 Å². The van der Waals surface area contributed by atoms with E-state index in [0.29, 0.717) is 31.2 Å². The molecule has 8 nitrogen and oxygen atoms in total. The highest BCUT2D eigenvalue weighted by molar-refractivity contribution is 9.10. The van der Waals surface area contributed by atoms with E-state index < -0.39 is 11.6 Å². The number of aliphatic imine (C=N–C) groups is 1. The highest BCUT2D eigenvalue weighted by atomic mass is 79.9. The molecule has 0 fully saturated rings. The lowest BCUT2D eigenvalue weighted by Gasteiger charge is -2.29. The number of hydrazine groups is 1. The third-order valence-electron chi connectivity index (χ3n) is 6.31. The van der Waals surface area contributed by atoms with Gasteiger partial charge in [-0.25, -0.2) is 10.4 Å². The summed E-state index contributed by atoms with van der Waals surface area (Å²) in [4.78, 5) is 18.7. The van der Waals surface area contributed by atoms with Gasteiger partial charge in [0.05, 0.1) is 13.7 Å². The van der Waals surface area contributed by atoms with Gasteiger partial charge in [0.1, 0.15) is 11.5 Å². The molecule has 9 heteroatoms. The maximum atomic E-state index is 13.8. The Morgan fingerprint density at radius 2 is 1.79 bits per heavy atom. The highest BCUT2D eigenvalue weighted by Crippen LogP contribution is 2.43. The van der Waals surface area contributed by atoms with E-state index in [2.05, 4.69) is 33.4 Å². The summed E-state index contributed by atoms with van der Waals surface area (Å²) in [6.45, 7) is 4.81. The zero-order chi connectivity index (χ0) is 27.7. The molecule has 0 radical (unpaired) electrons. The molecular formula is C30H32BrN3O5. The lowest BCUT2D eigenvalue weighted by molar-refractivity contribution is -0.129. The zero-order valence-corrected chi connectivity index (χ0v) is 23.3. The monoisotopic (exact) mass is 593 g/mol. The number of benzene rings is 3. The number of carbonyl (C=O) groups excluding carboxylic acids is 1. The van der Waals surface area contributed by atoms with Crippen molar-refractivity contribution >= 4 is 27.7 Å². The average molecular weight is 595 g/mol. The molecule has 0 saturated carbocycles. The van der Waals surface area contributed by atoms with E-state index in [-0.39, 0.29) is 18.9 Å². The lowest BCUT2D eigenvalue weighted by atomic mass is 9.84. The molecule has 0 aliphatic carbocycles. The molecule has 1 amide bonds. The van der Waals surface area contributed by atoms with Gasteiger partial charge in [-0.15, -0.1) is 6.58 Å². The molecule has 4 rings (SSSR count). The summed E-state index contributed by atoms with van der Waals surface area (Å²) in [5, 5.41) is 8.97. The summed E-state index contributed by atoms with van der Waals surface area (Å²) in [7, 11) is 1.62. The van der Waals surface area contributed by atoms with Gasteiger partial charge in [0.15, 0.2) is 11.6 Å². The maximum Gasteiger partial charge on any atom is 0.266 e. The van der Waals surface area contributed by atoms with Crippen LogP contribution in [0.1, 0.15) is 35.6 Å². The molecule has 3 N–H and O–H groups in total. The fourth-order valence-corrected chi connectivity index (χ4v) is 4.52. The molecule has 3 aromatic carbocycles. The molecule has 0 unspecified atom stereocenters. The predicted molar refractivity (Wildman–Crippen MR) is 154 cm³/mol. The first kappa shape index (κ1) is 28.4. The van der Waals surface area contributed by atoms with E-state index >= 15 is 0 Å². The quantitative estimate of drug-likeness (QED) is 0.148. The number of carbonyl (C=O) groups is 1. The molecular weight excluding hydrogens is 562 g/mol. The molecule has 1 heterocycles. The molecule has 1 aliphatic heterocycles. The van der Waals surface area contributed by atoms with Crippen molar-refractivity contribution in [2.45, 2.75) is 31.0 Å². The molecule has 1 aliphatic rings. The Balaban J connectivity index is 1.59. The molecule has 0 spiro atoms. The summed E-state index contributed by atoms with van der Waals surface area (Å²) >= 11 is 3.48. The zero-order valence-electron chi connectivity index (χ0n) is 21.7. The van der Waals surface area contributed by atoms with Gasteiger partial charge >= 0.3 is 0 Å². The molecule has 3 aromatic rings. The first-order valence-corrected chi connectivity index (χ1v) is 13.4. The normalized spacial score (nSPS) is 18.1. The van der Waals surface area contributed by atoms with Crippen LogP contribution >= 0.6 is 15.9 Å². The Hall–Kier alpha value is -3.66. The van der Waals surface area contributed by atoms with Crippen molar-refractivity contribution in [1.29, 1.82) is 0 Å². The van der Waals surface area contributed by atoms with E-state index in [0.717, 1.165) is 26.9 Å². The standard InChI is InChI=1S/C30H32BrN3O5/c1-3-17-30(29(36)34-32-20-21-5-13-25(37-2)14-6-21)27(22-7-11-24(31)12-8-22)39-28(33-30)23-9-15-26(16-10-23)38-19-4-18-35/h3,5-16,27,32,35H,1,4,17-20H2,2H3,(H,34,36)/t27-,30-/m0/s1. The van der Waals surface area contributed by atoms with E-state index in [9.17, 15) is 4.79 Å². The molecule has 39 heavy (non-hydrogen) atoms. The molecule has 204 valence electrons. The van der Waals surface area contributed by atoms with Crippen LogP contribution in [0.5, 0.6) is 11.5 Å². The molecule has 2 atom stereocenters. The summed E-state index contributed by atoms with van der Waals surface area (Å²) in [5.41, 5.74) is 7.10. The van der Waals surface area contributed by atoms with Crippen LogP contribution in [0.4, 0.5) is 0 Å². The summed E-state index contributed by atoms with van der Waals surface area (Å²) in [6.07, 6.45) is 1.82. The van der Waals surface area contributed by atoms with Gasteiger partial charge < -0.3 is 19.3 Å². The Kier molecular flexibility index (Phi) is 9.75. The number of rotatable bonds is 13. The SMILES string of the molecule is C=CC[C@]1(C(=O)NNCc2ccc(OC)cc2)N=C(c2ccc(OCCCO)cc2)O[C@H]1c1ccc(Br)cc1. The summed E-state index contributed by atoms with van der Waals surface area (Å²) in [5.74, 6) is 1.47. The minimum absolute atomic E-state index is 0.0720. The van der Waals surface area contributed by atoms with Crippen molar-refractivity contribution in [3.63, 3.8) is 0 Å². The maximum absolute atomic E-state index is 13.8. The molecule has 0 bridgehead atoms. The number of amides is 1. The number of halogens is 1. The van der Waals surface area contributed by atoms with Gasteiger partial charge in [0, 0.05) is 36.0 Å². The van der Waals surface area contributed by atoms with Gasteiger partial charge in [-0.2, -0.15) is 0 Å². The van der Waals surface area contributed by atoms with E-state index in [1.165, 1.54) is 0 Å². The van der Waals surface area contributed by atoms with Crippen LogP contribution in [0.3, 0.4) is 0 Å². The number of nitrogens with zero attached hydrogens (tertiary/aromatic N) is 1. The number of hydrogen-bond acceptors (Lipinski definition) is 7. The van der Waals surface area contributed by atoms with Crippen molar-refractivity contribution in [3.8, 4) is 11.5 Å². The van der Waals surface area contributed by atoms with Crippen LogP contribution in [-0.2, 0) is 16.1 Å². The van der Waals surface area contributed by atoms with Crippen LogP contribution in [-0.4, -0.2) is 42.8 Å². The Bertz CT molecular complexity index is 1280. The summed E-state index contributed by atoms with van der Waals surface area (Å²) < 4.78 is 18.2. The van der Waals surface area contributed by atoms with Crippen LogP contribution < -0.4 is 20.3 Å². The minimum atomic E-state index is -1.28. The number of aliphatic hydroxyl groups is 1. The van der Waals surface area contributed by atoms with Crippen molar-refractivity contribution in [2.75, 3.05) is 20.3 Å². The largest absolute Gasteiger partial charge is 0.497 e. The average Bonchev–Trinajstić information content (AvgIpc) is 3.35. The number of aliphatic hydroxyl groups excluding tert-OH is 1. The fourth-order valence-electron chi connectivity index (χ4n) is 4.25. The minimum Gasteiger partial charge on any atom is -0.497 e. The van der Waals surface area contributed by atoms with Gasteiger partial charge in [-0.3, -0.25) is 10.2 Å². The first-order chi connectivity index (χ1) is 19.0. The highest BCUT2D eigenvalue weighted by Gasteiger charge is 2.52. The van der Waals surface area contributed by atoms with E-state index in [1.54, 1.807) is 13.2 Å². The second-order valence-corrected chi connectivity index (χ2v) is 9.90. The second kappa shape index (κ2) is 13.4. The Morgan fingerprint density at radius 3 is 2.44 bits per heavy atom. The van der Waals surface area contributed by atoms with Crippen molar-refractivity contribution in [1.82, 2.24) is 10.9 Å². The van der Waals surface area contributed by atoms with Crippen molar-refractivity contribution in [2.24, 2.45) is 4.99 Å². The number of nitrogens with one attached hydrogen (secondary N) is 2. The Morgan fingerprint density at radius 1 is 1.10 bits per heavy atom. The summed E-state index contributed by atoms with van der Waals surface area (Å²) in [6, 6.07) is 22.6. The van der Waals surface area contributed by atoms with Gasteiger partial charge in [0.25, 0.3) is 5.91 Å². The second-order valence-electron chi connectivity index (χ2n) is 8.99. The van der Waals surface area contributed by atoms with E-state index in [4.69, 9.17) is 24.3 Å². The Labute approximate surface area is 236 Å². The van der Waals surface area contributed by atoms with Crippen LogP contribution in [0.25, 0.3) is 0 Å². The van der Waals surface area contributed by atoms with Crippen molar-refractivity contribution < 1.29 is 24.1 Å². The van der Waals surface area contributed by atoms with Gasteiger partial charge in [-0.05, 0) is 59.7 Å². The first-order valence-electron chi connectivity index (χ1n) is 12.6. The van der Waals surface area contributed by atoms with Gasteiger partial charge in [-0.1, -0.05) is 46.3 Å². The third-order valence-corrected chi connectivity index (χ3v) is 6.84. The lowest BCUT2D eigenvalue weighted by Crippen LogP contribution is -2.52. The van der Waals surface area contributed by atoms with Gasteiger partial charge in [0.2, 0.25) is 5.90 Å². The predicted octanol–water partition coefficient (Wildman–Crippen LogP) is 4.87. The number of methoxy groups -OCH3 is 1.